The van der Waals surface area contributed by atoms with Crippen LogP contribution in [0.2, 0.25) is 0 Å². The first-order valence-electron chi connectivity index (χ1n) is 7.68. The molecule has 2 fully saturated rings. The molecule has 2 aromatic heterocycles. The molecular formula is C16H18N4O2. The quantitative estimate of drug-likeness (QED) is 0.904. The van der Waals surface area contributed by atoms with Crippen LogP contribution in [0.5, 0.6) is 0 Å². The number of hydrogen-bond donors (Lipinski definition) is 2. The minimum absolute atomic E-state index is 0.0290. The average molecular weight is 298 g/mol. The van der Waals surface area contributed by atoms with Crippen LogP contribution in [0.1, 0.15) is 52.9 Å². The van der Waals surface area contributed by atoms with E-state index in [4.69, 9.17) is 4.74 Å². The summed E-state index contributed by atoms with van der Waals surface area (Å²) in [7, 11) is 0. The second-order valence-electron chi connectivity index (χ2n) is 5.92. The lowest BCUT2D eigenvalue weighted by molar-refractivity contribution is 0.0820. The maximum atomic E-state index is 12.5. The Labute approximate surface area is 128 Å². The molecule has 0 unspecified atom stereocenters. The molecule has 6 nitrogen and oxygen atoms in total. The zero-order chi connectivity index (χ0) is 14.9. The normalized spacial score (nSPS) is 24.4. The molecule has 2 atom stereocenters. The SMILES string of the molecule is O=C(N[C@H]1CCO[C@@H]1c1cccnc1)c1cn[nH]c1C1CC1. The maximum absolute atomic E-state index is 12.5. The Kier molecular flexibility index (Phi) is 3.38. The summed E-state index contributed by atoms with van der Waals surface area (Å²) in [6.07, 6.45) is 8.09. The molecule has 0 aromatic carbocycles. The smallest absolute Gasteiger partial charge is 0.255 e. The summed E-state index contributed by atoms with van der Waals surface area (Å²) in [5.41, 5.74) is 2.63. The molecule has 1 aliphatic heterocycles. The highest BCUT2D eigenvalue weighted by atomic mass is 16.5. The zero-order valence-electron chi connectivity index (χ0n) is 12.2. The largest absolute Gasteiger partial charge is 0.371 e. The molecule has 0 spiro atoms. The summed E-state index contributed by atoms with van der Waals surface area (Å²) >= 11 is 0. The highest BCUT2D eigenvalue weighted by Crippen LogP contribution is 2.40. The van der Waals surface area contributed by atoms with Crippen LogP contribution in [0.4, 0.5) is 0 Å². The van der Waals surface area contributed by atoms with E-state index in [1.807, 2.05) is 12.1 Å². The van der Waals surface area contributed by atoms with Crippen LogP contribution in [0.15, 0.2) is 30.7 Å². The van der Waals surface area contributed by atoms with E-state index in [2.05, 4.69) is 20.5 Å². The number of carbonyl (C=O) groups is 1. The minimum Gasteiger partial charge on any atom is -0.371 e. The fraction of sp³-hybridized carbons (Fsp3) is 0.438. The van der Waals surface area contributed by atoms with Gasteiger partial charge in [-0.1, -0.05) is 6.07 Å². The van der Waals surface area contributed by atoms with E-state index >= 15 is 0 Å². The predicted octanol–water partition coefficient (Wildman–Crippen LogP) is 1.94. The summed E-state index contributed by atoms with van der Waals surface area (Å²) < 4.78 is 5.78. The molecule has 0 bridgehead atoms. The standard InChI is InChI=1S/C16H18N4O2/c21-16(12-9-18-20-14(12)10-3-4-10)19-13-5-7-22-15(13)11-2-1-6-17-8-11/h1-2,6,8-10,13,15H,3-5,7H2,(H,18,20)(H,19,21)/t13-,15+/m0/s1. The number of aromatic nitrogens is 3. The molecule has 1 amide bonds. The Hall–Kier alpha value is -2.21. The molecule has 4 rings (SSSR count). The van der Waals surface area contributed by atoms with Crippen molar-refractivity contribution < 1.29 is 9.53 Å². The molecule has 1 saturated heterocycles. The number of carbonyl (C=O) groups excluding carboxylic acids is 1. The highest BCUT2D eigenvalue weighted by molar-refractivity contribution is 5.95. The van der Waals surface area contributed by atoms with Crippen molar-refractivity contribution in [1.29, 1.82) is 0 Å². The van der Waals surface area contributed by atoms with Crippen molar-refractivity contribution in [3.8, 4) is 0 Å². The Morgan fingerprint density at radius 1 is 1.32 bits per heavy atom. The topological polar surface area (TPSA) is 79.9 Å². The van der Waals surface area contributed by atoms with Crippen LogP contribution in [0.25, 0.3) is 0 Å². The third-order valence-corrected chi connectivity index (χ3v) is 4.32. The van der Waals surface area contributed by atoms with E-state index < -0.39 is 0 Å². The fourth-order valence-corrected chi connectivity index (χ4v) is 3.02. The number of aromatic amines is 1. The third kappa shape index (κ3) is 2.50. The molecule has 1 saturated carbocycles. The first kappa shape index (κ1) is 13.5. The van der Waals surface area contributed by atoms with Crippen molar-refractivity contribution in [3.05, 3.63) is 47.5 Å². The van der Waals surface area contributed by atoms with Gasteiger partial charge < -0.3 is 10.1 Å². The maximum Gasteiger partial charge on any atom is 0.255 e. The Morgan fingerprint density at radius 3 is 3.00 bits per heavy atom. The second kappa shape index (κ2) is 5.53. The number of ether oxygens (including phenoxy) is 1. The van der Waals surface area contributed by atoms with Gasteiger partial charge in [0.05, 0.1) is 23.5 Å². The van der Waals surface area contributed by atoms with Crippen molar-refractivity contribution in [2.45, 2.75) is 37.3 Å². The fourth-order valence-electron chi connectivity index (χ4n) is 3.02. The lowest BCUT2D eigenvalue weighted by atomic mass is 10.0. The Balaban J connectivity index is 1.50. The van der Waals surface area contributed by atoms with Crippen molar-refractivity contribution in [2.75, 3.05) is 6.61 Å². The molecule has 114 valence electrons. The molecule has 2 aliphatic rings. The monoisotopic (exact) mass is 298 g/mol. The van der Waals surface area contributed by atoms with Gasteiger partial charge in [0.1, 0.15) is 6.10 Å². The second-order valence-corrected chi connectivity index (χ2v) is 5.92. The van der Waals surface area contributed by atoms with E-state index in [0.29, 0.717) is 18.1 Å². The summed E-state index contributed by atoms with van der Waals surface area (Å²) in [5, 5.41) is 10.1. The van der Waals surface area contributed by atoms with Gasteiger partial charge in [-0.2, -0.15) is 5.10 Å². The molecule has 22 heavy (non-hydrogen) atoms. The molecule has 6 heteroatoms. The average Bonchev–Trinajstić information content (AvgIpc) is 3.10. The molecule has 3 heterocycles. The predicted molar refractivity (Wildman–Crippen MR) is 79.4 cm³/mol. The van der Waals surface area contributed by atoms with Crippen molar-refractivity contribution in [3.63, 3.8) is 0 Å². The molecule has 2 aromatic rings. The van der Waals surface area contributed by atoms with Gasteiger partial charge in [-0.05, 0) is 25.3 Å². The third-order valence-electron chi connectivity index (χ3n) is 4.32. The molecule has 0 radical (unpaired) electrons. The Morgan fingerprint density at radius 2 is 2.23 bits per heavy atom. The first-order valence-corrected chi connectivity index (χ1v) is 7.68. The van der Waals surface area contributed by atoms with E-state index in [-0.39, 0.29) is 18.1 Å². The van der Waals surface area contributed by atoms with Gasteiger partial charge in [-0.3, -0.25) is 14.9 Å². The van der Waals surface area contributed by atoms with Crippen LogP contribution in [0, 0.1) is 0 Å². The van der Waals surface area contributed by atoms with E-state index in [1.54, 1.807) is 18.6 Å². The van der Waals surface area contributed by atoms with Gasteiger partial charge in [0.25, 0.3) is 5.91 Å². The van der Waals surface area contributed by atoms with Crippen molar-refractivity contribution in [2.24, 2.45) is 0 Å². The van der Waals surface area contributed by atoms with Gasteiger partial charge in [-0.25, -0.2) is 0 Å². The molecular weight excluding hydrogens is 280 g/mol. The molecule has 1 aliphatic carbocycles. The lowest BCUT2D eigenvalue weighted by Gasteiger charge is -2.20. The van der Waals surface area contributed by atoms with E-state index in [1.165, 1.54) is 0 Å². The summed E-state index contributed by atoms with van der Waals surface area (Å²) in [4.78, 5) is 16.7. The van der Waals surface area contributed by atoms with Gasteiger partial charge in [-0.15, -0.1) is 0 Å². The van der Waals surface area contributed by atoms with Gasteiger partial charge in [0.15, 0.2) is 0 Å². The summed E-state index contributed by atoms with van der Waals surface area (Å²) in [5.74, 6) is 0.400. The van der Waals surface area contributed by atoms with E-state index in [0.717, 1.165) is 30.5 Å². The highest BCUT2D eigenvalue weighted by Gasteiger charge is 2.34. The number of nitrogens with zero attached hydrogens (tertiary/aromatic N) is 2. The van der Waals surface area contributed by atoms with Crippen LogP contribution >= 0.6 is 0 Å². The number of H-pyrrole nitrogens is 1. The van der Waals surface area contributed by atoms with Crippen molar-refractivity contribution >= 4 is 5.91 Å². The van der Waals surface area contributed by atoms with Gasteiger partial charge >= 0.3 is 0 Å². The van der Waals surface area contributed by atoms with Crippen LogP contribution < -0.4 is 5.32 Å². The number of hydrogen-bond acceptors (Lipinski definition) is 4. The minimum atomic E-state index is -0.131. The lowest BCUT2D eigenvalue weighted by Crippen LogP contribution is -2.37. The number of nitrogens with one attached hydrogen (secondary N) is 2. The van der Waals surface area contributed by atoms with E-state index in [9.17, 15) is 4.79 Å². The summed E-state index contributed by atoms with van der Waals surface area (Å²) in [6.45, 7) is 0.644. The number of rotatable bonds is 4. The first-order chi connectivity index (χ1) is 10.8. The number of pyridine rings is 1. The van der Waals surface area contributed by atoms with Crippen LogP contribution in [-0.4, -0.2) is 33.7 Å². The van der Waals surface area contributed by atoms with Crippen LogP contribution in [0.3, 0.4) is 0 Å². The Bertz CT molecular complexity index is 666. The van der Waals surface area contributed by atoms with Crippen molar-refractivity contribution in [1.82, 2.24) is 20.5 Å². The van der Waals surface area contributed by atoms with Gasteiger partial charge in [0.2, 0.25) is 0 Å². The summed E-state index contributed by atoms with van der Waals surface area (Å²) in [6, 6.07) is 3.84. The zero-order valence-corrected chi connectivity index (χ0v) is 12.2. The molecule has 2 N–H and O–H groups in total. The van der Waals surface area contributed by atoms with Gasteiger partial charge in [0, 0.05) is 30.5 Å². The number of amides is 1. The van der Waals surface area contributed by atoms with Crippen LogP contribution in [-0.2, 0) is 4.74 Å².